The van der Waals surface area contributed by atoms with Gasteiger partial charge >= 0.3 is 6.03 Å². The molecule has 1 aliphatic heterocycles. The minimum absolute atomic E-state index is 0.152. The number of hydrogen-bond acceptors (Lipinski definition) is 3. The van der Waals surface area contributed by atoms with Crippen molar-refractivity contribution in [1.82, 2.24) is 15.5 Å². The number of piperidine rings is 1. The summed E-state index contributed by atoms with van der Waals surface area (Å²) in [5.41, 5.74) is 0.885. The number of hydrogen-bond donors (Lipinski definition) is 3. The zero-order chi connectivity index (χ0) is 17.2. The molecule has 2 amide bonds. The van der Waals surface area contributed by atoms with E-state index >= 15 is 0 Å². The zero-order valence-electron chi connectivity index (χ0n) is 14.7. The third-order valence-electron chi connectivity index (χ3n) is 4.79. The molecule has 2 rings (SSSR count). The fraction of sp³-hybridized carbons (Fsp3) is 0.632. The lowest BCUT2D eigenvalue weighted by Crippen LogP contribution is -2.45. The van der Waals surface area contributed by atoms with E-state index in [1.54, 1.807) is 0 Å². The number of likely N-dealkylation sites (tertiary alicyclic amines) is 1. The number of aliphatic hydroxyl groups is 1. The highest BCUT2D eigenvalue weighted by Gasteiger charge is 2.20. The van der Waals surface area contributed by atoms with Crippen molar-refractivity contribution >= 4 is 6.03 Å². The maximum atomic E-state index is 11.8. The third kappa shape index (κ3) is 6.13. The lowest BCUT2D eigenvalue weighted by molar-refractivity contribution is 0.145. The van der Waals surface area contributed by atoms with Crippen LogP contribution in [0, 0.1) is 0 Å². The molecule has 1 aromatic rings. The number of rotatable bonds is 8. The maximum absolute atomic E-state index is 11.8. The van der Waals surface area contributed by atoms with Gasteiger partial charge in [0.1, 0.15) is 0 Å². The first-order chi connectivity index (χ1) is 11.7. The first-order valence-corrected chi connectivity index (χ1v) is 9.19. The fourth-order valence-corrected chi connectivity index (χ4v) is 3.36. The molecule has 0 saturated carbocycles. The Hall–Kier alpha value is -1.59. The second-order valence-electron chi connectivity index (χ2n) is 6.49. The van der Waals surface area contributed by atoms with Gasteiger partial charge in [0.2, 0.25) is 0 Å². The second kappa shape index (κ2) is 10.3. The number of nitrogens with one attached hydrogen (secondary N) is 2. The van der Waals surface area contributed by atoms with Crippen molar-refractivity contribution in [2.45, 2.75) is 51.2 Å². The van der Waals surface area contributed by atoms with E-state index in [1.807, 2.05) is 30.3 Å². The summed E-state index contributed by atoms with van der Waals surface area (Å²) in [4.78, 5) is 14.3. The number of aliphatic hydroxyl groups excluding tert-OH is 1. The number of benzene rings is 1. The van der Waals surface area contributed by atoms with Crippen LogP contribution in [0.4, 0.5) is 4.79 Å². The van der Waals surface area contributed by atoms with Crippen molar-refractivity contribution in [2.24, 2.45) is 0 Å². The van der Waals surface area contributed by atoms with E-state index in [2.05, 4.69) is 22.5 Å². The standard InChI is InChI=1S/C19H31N3O2/c1-2-17-10-6-7-14-22(17)15-13-21-19(24)20-12-11-18(23)16-8-4-3-5-9-16/h3-5,8-9,17-18,23H,2,6-7,10-15H2,1H3,(H2,20,21,24). The first kappa shape index (κ1) is 18.7. The van der Waals surface area contributed by atoms with Crippen LogP contribution in [-0.2, 0) is 0 Å². The molecule has 24 heavy (non-hydrogen) atoms. The minimum Gasteiger partial charge on any atom is -0.388 e. The average molecular weight is 333 g/mol. The molecular formula is C19H31N3O2. The van der Waals surface area contributed by atoms with Crippen molar-refractivity contribution in [3.63, 3.8) is 0 Å². The van der Waals surface area contributed by atoms with Gasteiger partial charge in [-0.15, -0.1) is 0 Å². The predicted molar refractivity (Wildman–Crippen MR) is 96.9 cm³/mol. The Morgan fingerprint density at radius 3 is 2.75 bits per heavy atom. The van der Waals surface area contributed by atoms with Crippen LogP contribution in [-0.4, -0.2) is 48.3 Å². The van der Waals surface area contributed by atoms with Crippen LogP contribution in [0.5, 0.6) is 0 Å². The predicted octanol–water partition coefficient (Wildman–Crippen LogP) is 2.67. The van der Waals surface area contributed by atoms with Crippen LogP contribution < -0.4 is 10.6 Å². The van der Waals surface area contributed by atoms with Crippen molar-refractivity contribution < 1.29 is 9.90 Å². The Balaban J connectivity index is 1.58. The molecule has 5 nitrogen and oxygen atoms in total. The molecule has 1 fully saturated rings. The maximum Gasteiger partial charge on any atom is 0.314 e. The van der Waals surface area contributed by atoms with Gasteiger partial charge < -0.3 is 15.7 Å². The molecule has 2 atom stereocenters. The normalized spacial score (nSPS) is 19.7. The highest BCUT2D eigenvalue weighted by atomic mass is 16.3. The molecule has 134 valence electrons. The quantitative estimate of drug-likeness (QED) is 0.685. The summed E-state index contributed by atoms with van der Waals surface area (Å²) >= 11 is 0. The monoisotopic (exact) mass is 333 g/mol. The Morgan fingerprint density at radius 2 is 2.00 bits per heavy atom. The Morgan fingerprint density at radius 1 is 1.25 bits per heavy atom. The molecule has 0 bridgehead atoms. The summed E-state index contributed by atoms with van der Waals surface area (Å²) in [6.45, 7) is 5.43. The van der Waals surface area contributed by atoms with Gasteiger partial charge in [-0.25, -0.2) is 4.79 Å². The van der Waals surface area contributed by atoms with E-state index in [9.17, 15) is 9.90 Å². The zero-order valence-corrected chi connectivity index (χ0v) is 14.7. The van der Waals surface area contributed by atoms with Gasteiger partial charge in [0.15, 0.2) is 0 Å². The molecule has 3 N–H and O–H groups in total. The van der Waals surface area contributed by atoms with Crippen molar-refractivity contribution in [3.8, 4) is 0 Å². The summed E-state index contributed by atoms with van der Waals surface area (Å²) in [7, 11) is 0. The topological polar surface area (TPSA) is 64.6 Å². The fourth-order valence-electron chi connectivity index (χ4n) is 3.36. The first-order valence-electron chi connectivity index (χ1n) is 9.19. The number of nitrogens with zero attached hydrogens (tertiary/aromatic N) is 1. The number of carbonyl (C=O) groups excluding carboxylic acids is 1. The second-order valence-corrected chi connectivity index (χ2v) is 6.49. The van der Waals surface area contributed by atoms with Gasteiger partial charge in [-0.3, -0.25) is 4.90 Å². The number of carbonyl (C=O) groups is 1. The minimum atomic E-state index is -0.537. The van der Waals surface area contributed by atoms with Crippen LogP contribution >= 0.6 is 0 Å². The third-order valence-corrected chi connectivity index (χ3v) is 4.79. The van der Waals surface area contributed by atoms with E-state index in [0.29, 0.717) is 25.6 Å². The highest BCUT2D eigenvalue weighted by molar-refractivity contribution is 5.73. The van der Waals surface area contributed by atoms with Gasteiger partial charge in [0.25, 0.3) is 0 Å². The van der Waals surface area contributed by atoms with Crippen LogP contribution in [0.2, 0.25) is 0 Å². The molecule has 0 aromatic heterocycles. The van der Waals surface area contributed by atoms with Gasteiger partial charge in [-0.2, -0.15) is 0 Å². The van der Waals surface area contributed by atoms with Crippen molar-refractivity contribution in [1.29, 1.82) is 0 Å². The Kier molecular flexibility index (Phi) is 8.05. The lowest BCUT2D eigenvalue weighted by Gasteiger charge is -2.35. The molecule has 5 heteroatoms. The molecule has 0 radical (unpaired) electrons. The number of amides is 2. The van der Waals surface area contributed by atoms with E-state index < -0.39 is 6.10 Å². The average Bonchev–Trinajstić information content (AvgIpc) is 2.62. The molecule has 1 heterocycles. The SMILES string of the molecule is CCC1CCCCN1CCNC(=O)NCCC(O)c1ccccc1. The van der Waals surface area contributed by atoms with Gasteiger partial charge in [-0.05, 0) is 37.8 Å². The molecule has 0 aliphatic carbocycles. The van der Waals surface area contributed by atoms with E-state index in [1.165, 1.54) is 25.7 Å². The van der Waals surface area contributed by atoms with Crippen LogP contribution in [0.1, 0.15) is 50.7 Å². The lowest BCUT2D eigenvalue weighted by atomic mass is 10.0. The molecule has 0 spiro atoms. The summed E-state index contributed by atoms with van der Waals surface area (Å²) < 4.78 is 0. The summed E-state index contributed by atoms with van der Waals surface area (Å²) in [5, 5.41) is 15.8. The van der Waals surface area contributed by atoms with Crippen LogP contribution in [0.15, 0.2) is 30.3 Å². The number of urea groups is 1. The van der Waals surface area contributed by atoms with E-state index in [0.717, 1.165) is 18.7 Å². The van der Waals surface area contributed by atoms with Crippen LogP contribution in [0.3, 0.4) is 0 Å². The molecular weight excluding hydrogens is 302 g/mol. The van der Waals surface area contributed by atoms with E-state index in [4.69, 9.17) is 0 Å². The Labute approximate surface area is 145 Å². The smallest absolute Gasteiger partial charge is 0.314 e. The van der Waals surface area contributed by atoms with Gasteiger partial charge in [0, 0.05) is 25.7 Å². The summed E-state index contributed by atoms with van der Waals surface area (Å²) in [6.07, 6.45) is 5.03. The van der Waals surface area contributed by atoms with Crippen LogP contribution in [0.25, 0.3) is 0 Å². The van der Waals surface area contributed by atoms with Gasteiger partial charge in [-0.1, -0.05) is 43.7 Å². The molecule has 1 aliphatic rings. The summed E-state index contributed by atoms with van der Waals surface area (Å²) in [6, 6.07) is 10.0. The highest BCUT2D eigenvalue weighted by Crippen LogP contribution is 2.18. The molecule has 2 unspecified atom stereocenters. The Bertz CT molecular complexity index is 481. The van der Waals surface area contributed by atoms with E-state index in [-0.39, 0.29) is 6.03 Å². The van der Waals surface area contributed by atoms with Crippen molar-refractivity contribution in [2.75, 3.05) is 26.2 Å². The van der Waals surface area contributed by atoms with Gasteiger partial charge in [0.05, 0.1) is 6.10 Å². The molecule has 1 aromatic carbocycles. The van der Waals surface area contributed by atoms with Crippen molar-refractivity contribution in [3.05, 3.63) is 35.9 Å². The summed E-state index contributed by atoms with van der Waals surface area (Å²) in [5.74, 6) is 0. The largest absolute Gasteiger partial charge is 0.388 e. The molecule has 1 saturated heterocycles.